The van der Waals surface area contributed by atoms with E-state index in [0.29, 0.717) is 0 Å². The maximum Gasteiger partial charge on any atom is 0.210 e. The number of halogens is 2. The second kappa shape index (κ2) is 26.1. The number of hydrogen-bond acceptors (Lipinski definition) is 10. The number of benzene rings is 11. The van der Waals surface area contributed by atoms with E-state index in [0.717, 1.165) is 25.9 Å². The topological polar surface area (TPSA) is 197 Å². The Balaban J connectivity index is 0.000000808. The minimum Gasteiger partial charge on any atom is -0.347 e. The lowest BCUT2D eigenvalue weighted by Gasteiger charge is -2.29. The number of rotatable bonds is 12. The van der Waals surface area contributed by atoms with Crippen molar-refractivity contribution in [2.24, 2.45) is 0 Å². The van der Waals surface area contributed by atoms with Gasteiger partial charge in [-0.15, -0.1) is 20.5 Å². The molecule has 4 heterocycles. The van der Waals surface area contributed by atoms with Crippen LogP contribution in [0.3, 0.4) is 0 Å². The number of anilines is 2. The largest absolute Gasteiger partial charge is 0.347 e. The first kappa shape index (κ1) is 67.2. The van der Waals surface area contributed by atoms with Gasteiger partial charge in [0.15, 0.2) is 24.5 Å². The van der Waals surface area contributed by atoms with Crippen molar-refractivity contribution in [1.29, 1.82) is 0 Å². The minimum absolute atomic E-state index is 0.263. The fourth-order valence-corrected chi connectivity index (χ4v) is 16.4. The summed E-state index contributed by atoms with van der Waals surface area (Å²) >= 11 is 0. The molecule has 0 aliphatic carbocycles. The molecule has 0 bridgehead atoms. The molecule has 2 atom stereocenters. The Morgan fingerprint density at radius 2 is 0.622 bits per heavy atom. The Kier molecular flexibility index (Phi) is 17.9. The monoisotopic (exact) mass is 1340 g/mol. The van der Waals surface area contributed by atoms with Gasteiger partial charge in [0.05, 0.1) is 10.8 Å². The van der Waals surface area contributed by atoms with E-state index < -0.39 is 20.5 Å². The molecular formula is C84H76Cl2N4O8. The van der Waals surface area contributed by atoms with Crippen LogP contribution >= 0.6 is 0 Å². The molecular weight excluding hydrogens is 1260 g/mol. The predicted octanol–water partition coefficient (Wildman–Crippen LogP) is 10.1. The summed E-state index contributed by atoms with van der Waals surface area (Å²) in [5.41, 5.74) is 20.0. The van der Waals surface area contributed by atoms with Crippen LogP contribution in [0.15, 0.2) is 278 Å². The summed E-state index contributed by atoms with van der Waals surface area (Å²) in [6.07, 6.45) is 16.1. The second-order valence-corrected chi connectivity index (χ2v) is 28.9. The van der Waals surface area contributed by atoms with Gasteiger partial charge in [0.25, 0.3) is 0 Å². The van der Waals surface area contributed by atoms with Gasteiger partial charge < -0.3 is 9.80 Å². The predicted molar refractivity (Wildman–Crippen MR) is 372 cm³/mol. The van der Waals surface area contributed by atoms with Crippen molar-refractivity contribution in [3.05, 3.63) is 323 Å². The van der Waals surface area contributed by atoms with Gasteiger partial charge in [-0.25, -0.2) is 37.3 Å². The van der Waals surface area contributed by atoms with E-state index in [1.54, 1.807) is 0 Å². The maximum absolute atomic E-state index is 8.49. The Hall–Kier alpha value is -9.38. The quantitative estimate of drug-likeness (QED) is 0.106. The number of allylic oxidation sites excluding steroid dienone is 8. The third kappa shape index (κ3) is 12.8. The van der Waals surface area contributed by atoms with E-state index in [1.807, 2.05) is 0 Å². The molecule has 0 saturated heterocycles. The Bertz CT molecular complexity index is 4780. The molecule has 98 heavy (non-hydrogen) atoms. The third-order valence-corrected chi connectivity index (χ3v) is 20.5. The number of likely N-dealkylation sites (N-methyl/N-ethyl adjacent to an activating group) is 2. The van der Waals surface area contributed by atoms with Crippen molar-refractivity contribution in [2.45, 2.75) is 89.1 Å². The smallest absolute Gasteiger partial charge is 0.210 e. The molecule has 4 aliphatic heterocycles. The van der Waals surface area contributed by atoms with Crippen molar-refractivity contribution in [1.82, 2.24) is 0 Å². The lowest BCUT2D eigenvalue weighted by Crippen LogP contribution is -2.68. The zero-order chi connectivity index (χ0) is 69.1. The van der Waals surface area contributed by atoms with Crippen LogP contribution < -0.4 is 47.1 Å². The molecule has 11 aromatic rings. The van der Waals surface area contributed by atoms with Gasteiger partial charge in [-0.2, -0.15) is 9.15 Å². The molecule has 0 spiro atoms. The second-order valence-electron chi connectivity index (χ2n) is 27.4. The lowest BCUT2D eigenvalue weighted by molar-refractivity contribution is -2.00. The highest BCUT2D eigenvalue weighted by Crippen LogP contribution is 2.54. The van der Waals surface area contributed by atoms with Gasteiger partial charge in [0, 0.05) is 94.2 Å². The van der Waals surface area contributed by atoms with E-state index in [-0.39, 0.29) is 21.7 Å². The maximum atomic E-state index is 8.49. The Labute approximate surface area is 576 Å². The highest BCUT2D eigenvalue weighted by molar-refractivity contribution is 6.09. The number of nitrogens with zero attached hydrogens (tertiary/aromatic N) is 4. The Morgan fingerprint density at radius 3 is 0.949 bits per heavy atom. The van der Waals surface area contributed by atoms with Crippen LogP contribution in [0, 0.1) is 20.5 Å². The van der Waals surface area contributed by atoms with Gasteiger partial charge in [0.1, 0.15) is 0 Å². The molecule has 14 heteroatoms. The number of hydrogen-bond donors (Lipinski definition) is 0. The normalized spacial score (nSPS) is 19.3. The minimum atomic E-state index is -4.94. The van der Waals surface area contributed by atoms with Crippen molar-refractivity contribution in [2.75, 3.05) is 23.9 Å². The standard InChI is InChI=1S/C84H76N4.2ClHO4/c1-81(2)73(37-23-39-75-83(5,53-57-25-11-9-12-26-57)79-67-35-21-17-31-63(67)45-49-69(79)85(75)7)87(71-51-47-61-29-15-19-33-65(61)77(71)81)55-59-41-43-60(44-42-59)56-88-72-52-48-62-30-16-20-34-66(62)78(72)82(3,4)74(88)38-24-40-76-84(6,54-58-27-13-10-14-28-58)80-68-36-22-18-32-64(68)46-50-70(80)86(76)8;2*2-1(3,4)5/h9-52H,53-56H2,1-8H3;2*(H,2,3,4,5)/q+2;;/p-2. The summed E-state index contributed by atoms with van der Waals surface area (Å²) in [7, 11) is -5.38. The fourth-order valence-electron chi connectivity index (χ4n) is 16.4. The van der Waals surface area contributed by atoms with E-state index in [4.69, 9.17) is 37.3 Å². The SMILES string of the molecule is CN1/C(=C/C=C/C2=[N+](Cc3ccc(C[N+]4=C(/C=C/C=C5/N(C)c6ccc7ccccc7c6C5(C)Cc5ccccc5)C(C)(C)c5c4ccc4ccccc54)cc3)c3ccc4ccccc4c3C2(C)C)C(C)(Cc2ccccc2)c2c1ccc1ccccc21.[O-][Cl+3]([O-])([O-])[O-].[O-][Cl+3]([O-])([O-])[O-]. The molecule has 11 aromatic carbocycles. The van der Waals surface area contributed by atoms with E-state index in [2.05, 4.69) is 342 Å². The van der Waals surface area contributed by atoms with Crippen molar-refractivity contribution >= 4 is 77.3 Å². The molecule has 0 aromatic heterocycles. The first-order chi connectivity index (χ1) is 46.7. The molecule has 0 saturated carbocycles. The summed E-state index contributed by atoms with van der Waals surface area (Å²) in [6.45, 7) is 16.1. The van der Waals surface area contributed by atoms with Gasteiger partial charge >= 0.3 is 0 Å². The van der Waals surface area contributed by atoms with Gasteiger partial charge in [-0.1, -0.05) is 206 Å². The van der Waals surface area contributed by atoms with Gasteiger partial charge in [-0.3, -0.25) is 0 Å². The zero-order valence-electron chi connectivity index (χ0n) is 56.0. The lowest BCUT2D eigenvalue weighted by atomic mass is 9.74. The highest BCUT2D eigenvalue weighted by atomic mass is 35.7. The van der Waals surface area contributed by atoms with Crippen LogP contribution in [0.25, 0.3) is 43.1 Å². The summed E-state index contributed by atoms with van der Waals surface area (Å²) in [6, 6.07) is 85.8. The molecule has 12 nitrogen and oxygen atoms in total. The van der Waals surface area contributed by atoms with Crippen LogP contribution in [0.5, 0.6) is 0 Å². The van der Waals surface area contributed by atoms with Crippen LogP contribution in [0.4, 0.5) is 22.7 Å². The summed E-state index contributed by atoms with van der Waals surface area (Å²) in [4.78, 5) is 4.88. The van der Waals surface area contributed by atoms with Crippen LogP contribution in [0.2, 0.25) is 0 Å². The molecule has 494 valence electrons. The summed E-state index contributed by atoms with van der Waals surface area (Å²) in [5, 5.41) is 10.4. The van der Waals surface area contributed by atoms with Gasteiger partial charge in [0.2, 0.25) is 11.4 Å². The zero-order valence-corrected chi connectivity index (χ0v) is 57.6. The van der Waals surface area contributed by atoms with E-state index >= 15 is 0 Å². The van der Waals surface area contributed by atoms with Gasteiger partial charge in [-0.05, 0) is 156 Å². The molecule has 0 N–H and O–H groups in total. The fraction of sp³-hybridized carbons (Fsp3) is 0.190. The summed E-state index contributed by atoms with van der Waals surface area (Å²) < 4.78 is 73.1. The van der Waals surface area contributed by atoms with E-state index in [1.165, 1.54) is 133 Å². The molecule has 2 unspecified atom stereocenters. The first-order valence-electron chi connectivity index (χ1n) is 32.8. The highest BCUT2D eigenvalue weighted by Gasteiger charge is 2.49. The molecule has 0 radical (unpaired) electrons. The van der Waals surface area contributed by atoms with E-state index in [9.17, 15) is 0 Å². The first-order valence-corrected chi connectivity index (χ1v) is 35.2. The van der Waals surface area contributed by atoms with Crippen molar-refractivity contribution < 1.29 is 66.9 Å². The Morgan fingerprint density at radius 1 is 0.337 bits per heavy atom. The molecule has 15 rings (SSSR count). The van der Waals surface area contributed by atoms with Crippen LogP contribution in [0.1, 0.15) is 86.1 Å². The van der Waals surface area contributed by atoms with Crippen LogP contribution in [-0.4, -0.2) is 34.7 Å². The number of fused-ring (bicyclic) bond motifs is 12. The summed E-state index contributed by atoms with van der Waals surface area (Å²) in [5.74, 6) is 0. The molecule has 0 amide bonds. The third-order valence-electron chi connectivity index (χ3n) is 20.5. The van der Waals surface area contributed by atoms with Crippen molar-refractivity contribution in [3.8, 4) is 0 Å². The molecule has 0 fully saturated rings. The molecule has 4 aliphatic rings. The van der Waals surface area contributed by atoms with Crippen molar-refractivity contribution in [3.63, 3.8) is 0 Å². The average Bonchev–Trinajstić information content (AvgIpc) is 1.59. The van der Waals surface area contributed by atoms with Crippen LogP contribution in [-0.2, 0) is 47.6 Å². The average molecular weight is 1340 g/mol.